The third-order valence-electron chi connectivity index (χ3n) is 5.72. The molecule has 1 atom stereocenters. The predicted octanol–water partition coefficient (Wildman–Crippen LogP) is 3.80. The van der Waals surface area contributed by atoms with Crippen molar-refractivity contribution in [2.24, 2.45) is 0 Å². The molecular formula is C26H27F2N3O3. The molecule has 6 nitrogen and oxygen atoms in total. The van der Waals surface area contributed by atoms with Crippen LogP contribution in [0.4, 0.5) is 8.78 Å². The molecule has 1 aliphatic heterocycles. The Labute approximate surface area is 197 Å². The van der Waals surface area contributed by atoms with Crippen molar-refractivity contribution in [3.05, 3.63) is 95.3 Å². The molecule has 0 spiro atoms. The first-order chi connectivity index (χ1) is 16.5. The Balaban J connectivity index is 1.52. The Bertz CT molecular complexity index is 1110. The Kier molecular flexibility index (Phi) is 7.82. The van der Waals surface area contributed by atoms with Gasteiger partial charge in [0.05, 0.1) is 38.6 Å². The minimum absolute atomic E-state index is 0.0712. The lowest BCUT2D eigenvalue weighted by Gasteiger charge is -2.25. The van der Waals surface area contributed by atoms with E-state index in [1.54, 1.807) is 23.1 Å². The first-order valence-corrected chi connectivity index (χ1v) is 11.1. The van der Waals surface area contributed by atoms with E-state index < -0.39 is 11.6 Å². The molecule has 0 aliphatic carbocycles. The van der Waals surface area contributed by atoms with Crippen LogP contribution >= 0.6 is 0 Å². The lowest BCUT2D eigenvalue weighted by Crippen LogP contribution is -2.37. The number of methoxy groups -OCH3 is 1. The van der Waals surface area contributed by atoms with Crippen molar-refractivity contribution in [2.75, 3.05) is 26.7 Å². The third-order valence-corrected chi connectivity index (χ3v) is 5.72. The number of carbonyl (C=O) groups excluding carboxylic acids is 1. The van der Waals surface area contributed by atoms with Gasteiger partial charge in [-0.05, 0) is 35.9 Å². The van der Waals surface area contributed by atoms with Crippen LogP contribution in [0, 0.1) is 11.6 Å². The van der Waals surface area contributed by atoms with Crippen LogP contribution < -0.4 is 4.74 Å². The zero-order valence-electron chi connectivity index (χ0n) is 19.0. The molecule has 34 heavy (non-hydrogen) atoms. The summed E-state index contributed by atoms with van der Waals surface area (Å²) in [4.78, 5) is 20.9. The zero-order valence-corrected chi connectivity index (χ0v) is 19.0. The molecule has 1 aromatic heterocycles. The first-order valence-electron chi connectivity index (χ1n) is 11.1. The monoisotopic (exact) mass is 467 g/mol. The zero-order chi connectivity index (χ0) is 23.9. The molecular weight excluding hydrogens is 440 g/mol. The smallest absolute Gasteiger partial charge is 0.237 e. The third kappa shape index (κ3) is 6.15. The molecule has 1 fully saturated rings. The maximum Gasteiger partial charge on any atom is 0.237 e. The fourth-order valence-electron chi connectivity index (χ4n) is 4.00. The van der Waals surface area contributed by atoms with Crippen molar-refractivity contribution in [1.82, 2.24) is 14.8 Å². The summed E-state index contributed by atoms with van der Waals surface area (Å²) >= 11 is 0. The van der Waals surface area contributed by atoms with Gasteiger partial charge in [-0.1, -0.05) is 30.3 Å². The highest BCUT2D eigenvalue weighted by Gasteiger charge is 2.29. The number of carbonyl (C=O) groups is 1. The minimum atomic E-state index is -0.902. The van der Waals surface area contributed by atoms with Crippen LogP contribution in [-0.4, -0.2) is 53.5 Å². The Morgan fingerprint density at radius 3 is 2.68 bits per heavy atom. The van der Waals surface area contributed by atoms with Crippen molar-refractivity contribution < 1.29 is 23.0 Å². The SMILES string of the molecule is COc1cccc(CO[C@H]2CN(Cc3cccc(F)c3F)CC(=O)N(Cc3ccccn3)C2)c1. The van der Waals surface area contributed by atoms with Gasteiger partial charge < -0.3 is 14.4 Å². The van der Waals surface area contributed by atoms with Gasteiger partial charge in [-0.3, -0.25) is 14.7 Å². The molecule has 0 N–H and O–H groups in total. The van der Waals surface area contributed by atoms with Crippen LogP contribution in [0.3, 0.4) is 0 Å². The quantitative estimate of drug-likeness (QED) is 0.505. The molecule has 1 saturated heterocycles. The fraction of sp³-hybridized carbons (Fsp3) is 0.308. The van der Waals surface area contributed by atoms with E-state index in [9.17, 15) is 13.6 Å². The lowest BCUT2D eigenvalue weighted by atomic mass is 10.2. The summed E-state index contributed by atoms with van der Waals surface area (Å²) in [7, 11) is 1.61. The van der Waals surface area contributed by atoms with Crippen molar-refractivity contribution in [2.45, 2.75) is 25.8 Å². The molecule has 3 aromatic rings. The highest BCUT2D eigenvalue weighted by atomic mass is 19.2. The number of benzene rings is 2. The van der Waals surface area contributed by atoms with E-state index in [2.05, 4.69) is 4.98 Å². The molecule has 1 aliphatic rings. The second-order valence-electron chi connectivity index (χ2n) is 8.26. The van der Waals surface area contributed by atoms with Gasteiger partial charge in [0.25, 0.3) is 0 Å². The molecule has 0 saturated carbocycles. The Morgan fingerprint density at radius 2 is 1.88 bits per heavy atom. The fourth-order valence-corrected chi connectivity index (χ4v) is 4.00. The molecule has 0 unspecified atom stereocenters. The normalized spacial score (nSPS) is 17.0. The van der Waals surface area contributed by atoms with Gasteiger partial charge in [0.2, 0.25) is 5.91 Å². The average molecular weight is 468 g/mol. The van der Waals surface area contributed by atoms with Gasteiger partial charge in [0.15, 0.2) is 11.6 Å². The number of hydrogen-bond donors (Lipinski definition) is 0. The van der Waals surface area contributed by atoms with E-state index in [4.69, 9.17) is 9.47 Å². The Morgan fingerprint density at radius 1 is 1.03 bits per heavy atom. The van der Waals surface area contributed by atoms with E-state index in [1.165, 1.54) is 12.1 Å². The molecule has 1 amide bonds. The molecule has 178 valence electrons. The largest absolute Gasteiger partial charge is 0.497 e. The van der Waals surface area contributed by atoms with Crippen LogP contribution in [0.5, 0.6) is 5.75 Å². The van der Waals surface area contributed by atoms with Gasteiger partial charge in [-0.15, -0.1) is 0 Å². The van der Waals surface area contributed by atoms with Crippen molar-refractivity contribution in [3.8, 4) is 5.75 Å². The molecule has 2 aromatic carbocycles. The molecule has 2 heterocycles. The summed E-state index contributed by atoms with van der Waals surface area (Å²) in [5.41, 5.74) is 1.92. The maximum absolute atomic E-state index is 14.3. The van der Waals surface area contributed by atoms with Gasteiger partial charge in [-0.25, -0.2) is 8.78 Å². The van der Waals surface area contributed by atoms with E-state index in [1.807, 2.05) is 42.5 Å². The van der Waals surface area contributed by atoms with Crippen molar-refractivity contribution in [1.29, 1.82) is 0 Å². The number of halogens is 2. The number of amides is 1. The summed E-state index contributed by atoms with van der Waals surface area (Å²) in [6.07, 6.45) is 1.35. The molecule has 0 bridgehead atoms. The van der Waals surface area contributed by atoms with E-state index in [0.29, 0.717) is 26.2 Å². The minimum Gasteiger partial charge on any atom is -0.497 e. The van der Waals surface area contributed by atoms with E-state index in [0.717, 1.165) is 23.1 Å². The number of nitrogens with zero attached hydrogens (tertiary/aromatic N) is 3. The summed E-state index contributed by atoms with van der Waals surface area (Å²) in [6.45, 7) is 1.61. The standard InChI is InChI=1S/C26H27F2N3O3/c1-33-22-9-4-6-19(12-22)18-34-23-15-30(13-20-7-5-10-24(27)26(20)28)17-25(32)31(16-23)14-21-8-2-3-11-29-21/h2-12,23H,13-18H2,1H3/t23-/m0/s1. The maximum atomic E-state index is 14.3. The average Bonchev–Trinajstić information content (AvgIpc) is 2.99. The number of rotatable bonds is 8. The lowest BCUT2D eigenvalue weighted by molar-refractivity contribution is -0.132. The summed E-state index contributed by atoms with van der Waals surface area (Å²) in [5.74, 6) is -1.17. The number of pyridine rings is 1. The van der Waals surface area contributed by atoms with Crippen molar-refractivity contribution >= 4 is 5.91 Å². The van der Waals surface area contributed by atoms with Gasteiger partial charge in [-0.2, -0.15) is 0 Å². The van der Waals surface area contributed by atoms with E-state index in [-0.39, 0.29) is 30.7 Å². The second kappa shape index (κ2) is 11.2. The topological polar surface area (TPSA) is 54.9 Å². The highest BCUT2D eigenvalue weighted by molar-refractivity contribution is 5.78. The van der Waals surface area contributed by atoms with E-state index >= 15 is 0 Å². The van der Waals surface area contributed by atoms with Crippen LogP contribution in [-0.2, 0) is 29.2 Å². The molecule has 0 radical (unpaired) electrons. The van der Waals surface area contributed by atoms with Gasteiger partial charge in [0.1, 0.15) is 5.75 Å². The Hall–Kier alpha value is -3.36. The van der Waals surface area contributed by atoms with Gasteiger partial charge >= 0.3 is 0 Å². The van der Waals surface area contributed by atoms with Crippen LogP contribution in [0.15, 0.2) is 66.9 Å². The second-order valence-corrected chi connectivity index (χ2v) is 8.26. The summed E-state index contributed by atoms with van der Waals surface area (Å²) in [6, 6.07) is 17.2. The van der Waals surface area contributed by atoms with Crippen LogP contribution in [0.2, 0.25) is 0 Å². The molecule has 4 rings (SSSR count). The summed E-state index contributed by atoms with van der Waals surface area (Å²) in [5, 5.41) is 0. The first kappa shape index (κ1) is 23.8. The predicted molar refractivity (Wildman–Crippen MR) is 123 cm³/mol. The molecule has 8 heteroatoms. The van der Waals surface area contributed by atoms with Gasteiger partial charge in [0, 0.05) is 31.4 Å². The number of hydrogen-bond acceptors (Lipinski definition) is 5. The van der Waals surface area contributed by atoms with Crippen LogP contribution in [0.25, 0.3) is 0 Å². The number of ether oxygens (including phenoxy) is 2. The highest BCUT2D eigenvalue weighted by Crippen LogP contribution is 2.19. The summed E-state index contributed by atoms with van der Waals surface area (Å²) < 4.78 is 39.5. The number of aromatic nitrogens is 1. The van der Waals surface area contributed by atoms with Crippen molar-refractivity contribution in [3.63, 3.8) is 0 Å². The van der Waals surface area contributed by atoms with Crippen LogP contribution in [0.1, 0.15) is 16.8 Å².